The molecule has 1 aliphatic heterocycles. The molecule has 3 aromatic heterocycles. The van der Waals surface area contributed by atoms with E-state index in [0.717, 1.165) is 11.3 Å². The van der Waals surface area contributed by atoms with Gasteiger partial charge >= 0.3 is 6.18 Å². The van der Waals surface area contributed by atoms with Crippen molar-refractivity contribution in [2.24, 2.45) is 0 Å². The van der Waals surface area contributed by atoms with Gasteiger partial charge in [0.25, 0.3) is 0 Å². The van der Waals surface area contributed by atoms with Gasteiger partial charge in [0, 0.05) is 41.0 Å². The molecule has 0 radical (unpaired) electrons. The molecule has 0 aliphatic carbocycles. The zero-order valence-electron chi connectivity index (χ0n) is 15.8. The van der Waals surface area contributed by atoms with Gasteiger partial charge in [-0.25, -0.2) is 4.98 Å². The molecule has 7 nitrogen and oxygen atoms in total. The van der Waals surface area contributed by atoms with E-state index in [4.69, 9.17) is 16.3 Å². The van der Waals surface area contributed by atoms with Gasteiger partial charge in [-0.2, -0.15) is 28.6 Å². The van der Waals surface area contributed by atoms with E-state index in [9.17, 15) is 13.2 Å². The molecule has 0 spiro atoms. The highest BCUT2D eigenvalue weighted by atomic mass is 35.5. The normalized spacial score (nSPS) is 15.7. The smallest absolute Gasteiger partial charge is 0.437 e. The summed E-state index contributed by atoms with van der Waals surface area (Å²) in [6, 6.07) is 8.54. The number of halogens is 4. The minimum atomic E-state index is -4.61. The van der Waals surface area contributed by atoms with E-state index in [2.05, 4.69) is 20.2 Å². The van der Waals surface area contributed by atoms with Crippen LogP contribution < -0.4 is 4.74 Å². The van der Waals surface area contributed by atoms with Gasteiger partial charge in [0.2, 0.25) is 0 Å². The summed E-state index contributed by atoms with van der Waals surface area (Å²) in [6.45, 7) is 1.16. The summed E-state index contributed by atoms with van der Waals surface area (Å²) in [7, 11) is 0. The number of nitrogens with zero attached hydrogens (tertiary/aromatic N) is 5. The van der Waals surface area contributed by atoms with E-state index in [-0.39, 0.29) is 17.2 Å². The van der Waals surface area contributed by atoms with Gasteiger partial charge in [0.15, 0.2) is 5.69 Å². The van der Waals surface area contributed by atoms with Gasteiger partial charge in [-0.15, -0.1) is 0 Å². The third-order valence-electron chi connectivity index (χ3n) is 5.03. The van der Waals surface area contributed by atoms with Crippen LogP contribution in [0.4, 0.5) is 13.2 Å². The van der Waals surface area contributed by atoms with Gasteiger partial charge in [-0.05, 0) is 24.3 Å². The second-order valence-corrected chi connectivity index (χ2v) is 7.53. The molecule has 0 saturated carbocycles. The van der Waals surface area contributed by atoms with Gasteiger partial charge in [0.05, 0.1) is 18.6 Å². The number of fused-ring (bicyclic) bond motifs is 1. The molecule has 1 aromatic carbocycles. The van der Waals surface area contributed by atoms with Crippen molar-refractivity contribution < 1.29 is 17.9 Å². The van der Waals surface area contributed by atoms with Crippen molar-refractivity contribution in [2.45, 2.75) is 18.6 Å². The topological polar surface area (TPSA) is 81.5 Å². The van der Waals surface area contributed by atoms with Crippen molar-refractivity contribution in [3.8, 4) is 28.4 Å². The summed E-state index contributed by atoms with van der Waals surface area (Å²) in [5.74, 6) is 0.915. The third-order valence-corrected chi connectivity index (χ3v) is 5.27. The molecule has 0 bridgehead atoms. The zero-order valence-corrected chi connectivity index (χ0v) is 16.5. The molecule has 1 N–H and O–H groups in total. The van der Waals surface area contributed by atoms with Crippen molar-refractivity contribution in [2.75, 3.05) is 6.61 Å². The number of rotatable bonds is 4. The highest BCUT2D eigenvalue weighted by molar-refractivity contribution is 6.30. The second kappa shape index (κ2) is 7.38. The molecule has 1 atom stereocenters. The number of hydrogen-bond acceptors (Lipinski definition) is 5. The summed E-state index contributed by atoms with van der Waals surface area (Å²) >= 11 is 6.01. The predicted octanol–water partition coefficient (Wildman–Crippen LogP) is 4.58. The van der Waals surface area contributed by atoms with Gasteiger partial charge in [-0.1, -0.05) is 17.7 Å². The number of alkyl halides is 3. The first kappa shape index (κ1) is 19.6. The van der Waals surface area contributed by atoms with Crippen LogP contribution in [-0.2, 0) is 12.7 Å². The zero-order chi connectivity index (χ0) is 21.6. The largest absolute Gasteiger partial charge is 0.493 e. The Kier molecular flexibility index (Phi) is 4.66. The van der Waals surface area contributed by atoms with E-state index < -0.39 is 11.9 Å². The van der Waals surface area contributed by atoms with Crippen LogP contribution in [0.15, 0.2) is 49.1 Å². The monoisotopic (exact) mass is 446 g/mol. The molecule has 31 heavy (non-hydrogen) atoms. The van der Waals surface area contributed by atoms with Crippen molar-refractivity contribution in [1.29, 1.82) is 0 Å². The molecule has 158 valence electrons. The summed E-state index contributed by atoms with van der Waals surface area (Å²) in [5, 5.41) is 9.55. The molecule has 0 fully saturated rings. The first-order chi connectivity index (χ1) is 14.9. The van der Waals surface area contributed by atoms with E-state index in [1.807, 2.05) is 21.9 Å². The van der Waals surface area contributed by atoms with Crippen LogP contribution in [0.1, 0.15) is 17.2 Å². The molecular weight excluding hydrogens is 433 g/mol. The lowest BCUT2D eigenvalue weighted by Crippen LogP contribution is -2.09. The van der Waals surface area contributed by atoms with Crippen molar-refractivity contribution in [1.82, 2.24) is 29.9 Å². The Bertz CT molecular complexity index is 1250. The van der Waals surface area contributed by atoms with E-state index in [1.165, 1.54) is 18.3 Å². The lowest BCUT2D eigenvalue weighted by Gasteiger charge is -2.09. The molecular formula is C20H14ClF3N6O. The number of benzene rings is 1. The number of H-pyrrole nitrogens is 1. The van der Waals surface area contributed by atoms with Crippen LogP contribution >= 0.6 is 11.6 Å². The van der Waals surface area contributed by atoms with E-state index in [1.54, 1.807) is 18.6 Å². The van der Waals surface area contributed by atoms with Crippen molar-refractivity contribution in [3.63, 3.8) is 0 Å². The molecule has 11 heteroatoms. The fourth-order valence-electron chi connectivity index (χ4n) is 3.60. The number of nitrogens with one attached hydrogen (secondary N) is 1. The molecule has 0 amide bonds. The van der Waals surface area contributed by atoms with Gasteiger partial charge in [0.1, 0.15) is 17.1 Å². The summed E-state index contributed by atoms with van der Waals surface area (Å²) in [4.78, 5) is 8.61. The fraction of sp³-hybridized carbons (Fsp3) is 0.200. The number of pyridine rings is 1. The minimum Gasteiger partial charge on any atom is -0.493 e. The average Bonchev–Trinajstić information content (AvgIpc) is 3.48. The highest BCUT2D eigenvalue weighted by Gasteiger charge is 2.38. The SMILES string of the molecule is FC(F)(F)c1n[nH]nc1-c1ccnc(-c2cn(C[C@H]3COc4cc(Cl)ccc43)cn2)c1. The fourth-order valence-corrected chi connectivity index (χ4v) is 3.76. The molecule has 1 aliphatic rings. The lowest BCUT2D eigenvalue weighted by atomic mass is 10.0. The number of aromatic amines is 1. The first-order valence-electron chi connectivity index (χ1n) is 9.27. The number of imidazole rings is 1. The molecule has 0 unspecified atom stereocenters. The van der Waals surface area contributed by atoms with Crippen LogP contribution in [0.2, 0.25) is 5.02 Å². The first-order valence-corrected chi connectivity index (χ1v) is 9.65. The van der Waals surface area contributed by atoms with E-state index >= 15 is 0 Å². The Labute approximate surface area is 178 Å². The van der Waals surface area contributed by atoms with Gasteiger partial charge in [-0.3, -0.25) is 4.98 Å². The maximum atomic E-state index is 13.1. The number of aromatic nitrogens is 6. The summed E-state index contributed by atoms with van der Waals surface area (Å²) in [5.41, 5.74) is 0.932. The van der Waals surface area contributed by atoms with Crippen LogP contribution in [0.5, 0.6) is 5.75 Å². The highest BCUT2D eigenvalue weighted by Crippen LogP contribution is 2.37. The van der Waals surface area contributed by atoms with Crippen molar-refractivity contribution in [3.05, 3.63) is 65.3 Å². The van der Waals surface area contributed by atoms with Crippen molar-refractivity contribution >= 4 is 11.6 Å². The number of hydrogen-bond donors (Lipinski definition) is 1. The average molecular weight is 447 g/mol. The Morgan fingerprint density at radius 1 is 1.13 bits per heavy atom. The standard InChI is InChI=1S/C20H14ClF3N6O/c21-13-1-2-14-12(9-31-17(14)6-13)7-30-8-16(26-10-30)15-5-11(3-4-25-15)18-19(20(22,23)24)28-29-27-18/h1-6,8,10,12H,7,9H2,(H,27,28,29)/t12-/m0/s1. The molecule has 4 aromatic rings. The molecule has 0 saturated heterocycles. The second-order valence-electron chi connectivity index (χ2n) is 7.09. The quantitative estimate of drug-likeness (QED) is 0.496. The minimum absolute atomic E-state index is 0.137. The Balaban J connectivity index is 1.39. The molecule has 5 rings (SSSR count). The van der Waals surface area contributed by atoms with Crippen LogP contribution in [0.3, 0.4) is 0 Å². The Morgan fingerprint density at radius 3 is 2.84 bits per heavy atom. The number of ether oxygens (including phenoxy) is 1. The Hall–Kier alpha value is -3.40. The maximum Gasteiger partial charge on any atom is 0.437 e. The Morgan fingerprint density at radius 2 is 2.00 bits per heavy atom. The van der Waals surface area contributed by atoms with E-state index in [0.29, 0.717) is 29.6 Å². The predicted molar refractivity (Wildman–Crippen MR) is 106 cm³/mol. The summed E-state index contributed by atoms with van der Waals surface area (Å²) in [6.07, 6.45) is 0.267. The van der Waals surface area contributed by atoms with Crippen LogP contribution in [0, 0.1) is 0 Å². The van der Waals surface area contributed by atoms with Crippen LogP contribution in [0.25, 0.3) is 22.6 Å². The lowest BCUT2D eigenvalue weighted by molar-refractivity contribution is -0.140. The van der Waals surface area contributed by atoms with Gasteiger partial charge < -0.3 is 9.30 Å². The van der Waals surface area contributed by atoms with Crippen LogP contribution in [-0.4, -0.2) is 36.6 Å². The molecule has 4 heterocycles. The maximum absolute atomic E-state index is 13.1. The third kappa shape index (κ3) is 3.74. The summed E-state index contributed by atoms with van der Waals surface area (Å²) < 4.78 is 47.0.